The highest BCUT2D eigenvalue weighted by molar-refractivity contribution is 6.64. The Balaban J connectivity index is 3.93. The van der Waals surface area contributed by atoms with Crippen LogP contribution in [0, 0.1) is 11.8 Å². The molecule has 0 saturated heterocycles. The molecule has 0 aliphatic heterocycles. The van der Waals surface area contributed by atoms with E-state index in [1.54, 1.807) is 0 Å². The van der Waals surface area contributed by atoms with Crippen LogP contribution in [0.3, 0.4) is 0 Å². The van der Waals surface area contributed by atoms with Crippen LogP contribution in [0.2, 0.25) is 10.6 Å². The molecule has 0 heterocycles. The third-order valence-electron chi connectivity index (χ3n) is 2.46. The van der Waals surface area contributed by atoms with Crippen molar-refractivity contribution in [2.75, 3.05) is 5.88 Å². The molecule has 0 fully saturated rings. The van der Waals surface area contributed by atoms with Crippen molar-refractivity contribution >= 4 is 25.7 Å². The van der Waals surface area contributed by atoms with Gasteiger partial charge in [-0.3, -0.25) is 0 Å². The normalized spacial score (nSPS) is 11.9. The van der Waals surface area contributed by atoms with Crippen LogP contribution in [0.5, 0.6) is 0 Å². The topological polar surface area (TPSA) is 0 Å². The van der Waals surface area contributed by atoms with Crippen molar-refractivity contribution in [2.24, 2.45) is 11.8 Å². The zero-order valence-electron chi connectivity index (χ0n) is 10.8. The summed E-state index contributed by atoms with van der Waals surface area (Å²) in [6.45, 7) is 9.36. The summed E-state index contributed by atoms with van der Waals surface area (Å²) in [5, 5.41) is 2.91. The second kappa shape index (κ2) is 9.76. The number of unbranched alkanes of at least 4 members (excludes halogenated alkanes) is 1. The van der Waals surface area contributed by atoms with Gasteiger partial charge in [0.05, 0.1) is 0 Å². The summed E-state index contributed by atoms with van der Waals surface area (Å²) in [7, 11) is 0. The van der Waals surface area contributed by atoms with Crippen LogP contribution in [0.25, 0.3) is 0 Å². The highest BCUT2D eigenvalue weighted by Crippen LogP contribution is 2.15. The van der Waals surface area contributed by atoms with Gasteiger partial charge < -0.3 is 0 Å². The minimum absolute atomic E-state index is 0.616. The molecule has 0 radical (unpaired) electrons. The van der Waals surface area contributed by atoms with E-state index in [0.717, 1.165) is 24.1 Å². The lowest BCUT2D eigenvalue weighted by atomic mass is 10.3. The Labute approximate surface area is 105 Å². The Hall–Kier alpha value is 0.562. The summed E-state index contributed by atoms with van der Waals surface area (Å²) in [5.41, 5.74) is 0. The molecule has 0 nitrogen and oxygen atoms in total. The quantitative estimate of drug-likeness (QED) is 0.323. The van der Waals surface area contributed by atoms with Crippen LogP contribution in [0.15, 0.2) is 11.0 Å². The Bertz CT molecular complexity index is 154. The van der Waals surface area contributed by atoms with E-state index < -0.39 is 14.1 Å². The second-order valence-corrected chi connectivity index (χ2v) is 8.50. The smallest absolute Gasteiger partial charge is 0.148 e. The Morgan fingerprint density at radius 3 is 2.00 bits per heavy atom. The zero-order valence-corrected chi connectivity index (χ0v) is 12.7. The van der Waals surface area contributed by atoms with Crippen LogP contribution >= 0.6 is 11.6 Å². The number of hydrogen-bond donors (Lipinski definition) is 0. The maximum absolute atomic E-state index is 5.66. The van der Waals surface area contributed by atoms with Gasteiger partial charge in [0.15, 0.2) is 0 Å². The molecule has 0 aromatic carbocycles. The molecular formula is C13H26AlCl. The van der Waals surface area contributed by atoms with Gasteiger partial charge >= 0.3 is 0 Å². The number of rotatable bonds is 8. The first-order valence-electron chi connectivity index (χ1n) is 6.28. The molecule has 0 aliphatic rings. The molecule has 15 heavy (non-hydrogen) atoms. The average molecular weight is 245 g/mol. The summed E-state index contributed by atoms with van der Waals surface area (Å²) < 4.78 is 0. The zero-order chi connectivity index (χ0) is 11.7. The molecule has 0 rings (SSSR count). The van der Waals surface area contributed by atoms with Crippen LogP contribution < -0.4 is 0 Å². The van der Waals surface area contributed by atoms with Gasteiger partial charge in [0.25, 0.3) is 14.1 Å². The Kier molecular flexibility index (Phi) is 10.1. The molecule has 0 atom stereocenters. The second-order valence-electron chi connectivity index (χ2n) is 5.28. The van der Waals surface area contributed by atoms with Crippen molar-refractivity contribution < 1.29 is 0 Å². The van der Waals surface area contributed by atoms with E-state index in [9.17, 15) is 0 Å². The molecule has 0 aliphatic carbocycles. The molecule has 88 valence electrons. The van der Waals surface area contributed by atoms with Gasteiger partial charge in [0.2, 0.25) is 0 Å². The van der Waals surface area contributed by atoms with E-state index in [-0.39, 0.29) is 0 Å². The van der Waals surface area contributed by atoms with Crippen LogP contribution in [0.1, 0.15) is 40.5 Å². The summed E-state index contributed by atoms with van der Waals surface area (Å²) >= 11 is 5.05. The predicted octanol–water partition coefficient (Wildman–Crippen LogP) is 4.91. The highest BCUT2D eigenvalue weighted by Gasteiger charge is 2.16. The van der Waals surface area contributed by atoms with Crippen molar-refractivity contribution in [3.05, 3.63) is 11.0 Å². The summed E-state index contributed by atoms with van der Waals surface area (Å²) in [4.78, 5) is 2.55. The van der Waals surface area contributed by atoms with Crippen molar-refractivity contribution in [1.82, 2.24) is 0 Å². The minimum atomic E-state index is -0.616. The molecule has 0 saturated carbocycles. The summed E-state index contributed by atoms with van der Waals surface area (Å²) in [6, 6.07) is 0. The third-order valence-corrected chi connectivity index (χ3v) is 6.64. The number of alkyl halides is 1. The molecule has 0 bridgehead atoms. The van der Waals surface area contributed by atoms with E-state index in [1.807, 2.05) is 0 Å². The first-order chi connectivity index (χ1) is 7.06. The fourth-order valence-electron chi connectivity index (χ4n) is 1.95. The van der Waals surface area contributed by atoms with Gasteiger partial charge in [-0.15, -0.1) is 22.6 Å². The van der Waals surface area contributed by atoms with E-state index in [0.29, 0.717) is 0 Å². The number of hydrogen-bond acceptors (Lipinski definition) is 0. The largest absolute Gasteiger partial charge is 0.294 e. The van der Waals surface area contributed by atoms with E-state index in [2.05, 4.69) is 38.7 Å². The van der Waals surface area contributed by atoms with E-state index >= 15 is 0 Å². The van der Waals surface area contributed by atoms with Gasteiger partial charge in [0, 0.05) is 5.88 Å². The van der Waals surface area contributed by atoms with E-state index in [1.165, 1.54) is 17.0 Å². The third kappa shape index (κ3) is 10.8. The summed E-state index contributed by atoms with van der Waals surface area (Å²) in [6.07, 6.45) is 4.68. The van der Waals surface area contributed by atoms with Gasteiger partial charge in [-0.05, 0) is 12.8 Å². The van der Waals surface area contributed by atoms with Crippen molar-refractivity contribution in [1.29, 1.82) is 0 Å². The Morgan fingerprint density at radius 2 is 1.60 bits per heavy atom. The minimum Gasteiger partial charge on any atom is -0.148 e. The van der Waals surface area contributed by atoms with Gasteiger partial charge in [-0.2, -0.15) is 0 Å². The average Bonchev–Trinajstić information content (AvgIpc) is 2.10. The fraction of sp³-hybridized carbons (Fsp3) is 0.846. The predicted molar refractivity (Wildman–Crippen MR) is 74.1 cm³/mol. The molecule has 2 heteroatoms. The molecule has 0 N–H and O–H groups in total. The molecule has 0 spiro atoms. The van der Waals surface area contributed by atoms with Crippen LogP contribution in [-0.2, 0) is 0 Å². The van der Waals surface area contributed by atoms with Crippen molar-refractivity contribution in [2.45, 2.75) is 51.1 Å². The molecule has 0 aromatic rings. The molecule has 0 amide bonds. The monoisotopic (exact) mass is 244 g/mol. The van der Waals surface area contributed by atoms with Gasteiger partial charge in [-0.1, -0.05) is 50.1 Å². The maximum atomic E-state index is 5.66. The van der Waals surface area contributed by atoms with Gasteiger partial charge in [0.1, 0.15) is 0 Å². The van der Waals surface area contributed by atoms with Crippen molar-refractivity contribution in [3.8, 4) is 0 Å². The first-order valence-corrected chi connectivity index (χ1v) is 9.12. The SMILES string of the molecule is CC(C)[CH2][Al](/[CH]=C/CCCCl)[CH2]C(C)C. The standard InChI is InChI=1S/C5H8Cl.2C4H9.Al/c1-2-3-4-5-6;2*1-4(2)3;/h1-2H,3-5H2;2*4H,1H2,2-3H3;. The maximum Gasteiger partial charge on any atom is 0.294 e. The number of allylic oxidation sites excluding steroid dienone is 1. The van der Waals surface area contributed by atoms with Crippen LogP contribution in [-0.4, -0.2) is 20.0 Å². The van der Waals surface area contributed by atoms with Crippen LogP contribution in [0.4, 0.5) is 0 Å². The van der Waals surface area contributed by atoms with E-state index in [4.69, 9.17) is 11.6 Å². The highest BCUT2D eigenvalue weighted by atomic mass is 35.5. The summed E-state index contributed by atoms with van der Waals surface area (Å²) in [5.74, 6) is 2.52. The van der Waals surface area contributed by atoms with Gasteiger partial charge in [-0.25, -0.2) is 0 Å². The number of halogens is 1. The lowest BCUT2D eigenvalue weighted by Gasteiger charge is -2.12. The lowest BCUT2D eigenvalue weighted by molar-refractivity contribution is 0.694. The van der Waals surface area contributed by atoms with Crippen molar-refractivity contribution in [3.63, 3.8) is 0 Å². The fourth-order valence-corrected chi connectivity index (χ4v) is 5.61. The molecule has 0 aromatic heterocycles. The molecule has 0 unspecified atom stereocenters. The lowest BCUT2D eigenvalue weighted by Crippen LogP contribution is -2.15. The Morgan fingerprint density at radius 1 is 1.07 bits per heavy atom. The molecular weight excluding hydrogens is 219 g/mol. The first kappa shape index (κ1) is 15.6.